The van der Waals surface area contributed by atoms with Gasteiger partial charge in [-0.2, -0.15) is 5.26 Å². The lowest BCUT2D eigenvalue weighted by Crippen LogP contribution is -1.97. The molecule has 0 atom stereocenters. The number of para-hydroxylation sites is 1. The van der Waals surface area contributed by atoms with Crippen LogP contribution in [0.3, 0.4) is 0 Å². The van der Waals surface area contributed by atoms with E-state index < -0.39 is 0 Å². The van der Waals surface area contributed by atoms with Crippen molar-refractivity contribution in [1.82, 2.24) is 4.98 Å². The minimum Gasteiger partial charge on any atom is -0.354 e. The van der Waals surface area contributed by atoms with Crippen LogP contribution in [0.4, 0.5) is 15.8 Å². The molecule has 1 aromatic heterocycles. The summed E-state index contributed by atoms with van der Waals surface area (Å²) in [5.74, 6) is -0.333. The van der Waals surface area contributed by atoms with Crippen LogP contribution in [0, 0.1) is 17.1 Å². The largest absolute Gasteiger partial charge is 0.354 e. The fraction of sp³-hybridized carbons (Fsp3) is 0. The van der Waals surface area contributed by atoms with Crippen molar-refractivity contribution in [3.05, 3.63) is 64.5 Å². The zero-order valence-corrected chi connectivity index (χ0v) is 12.4. The Morgan fingerprint density at radius 2 is 2.00 bits per heavy atom. The van der Waals surface area contributed by atoms with E-state index in [1.165, 1.54) is 12.3 Å². The molecule has 0 aliphatic heterocycles. The summed E-state index contributed by atoms with van der Waals surface area (Å²) in [7, 11) is 0. The SMILES string of the molecule is N#Cc1cnc2ccccc2c1Nc1ccc(F)c(Br)c1. The molecule has 0 amide bonds. The zero-order chi connectivity index (χ0) is 14.8. The van der Waals surface area contributed by atoms with Crippen molar-refractivity contribution in [3.8, 4) is 6.07 Å². The van der Waals surface area contributed by atoms with Crippen molar-refractivity contribution in [2.45, 2.75) is 0 Å². The van der Waals surface area contributed by atoms with Gasteiger partial charge in [0.05, 0.1) is 21.2 Å². The van der Waals surface area contributed by atoms with E-state index in [0.29, 0.717) is 21.4 Å². The number of hydrogen-bond acceptors (Lipinski definition) is 3. The Labute approximate surface area is 129 Å². The predicted molar refractivity (Wildman–Crippen MR) is 83.8 cm³/mol. The van der Waals surface area contributed by atoms with Crippen molar-refractivity contribution in [1.29, 1.82) is 5.26 Å². The van der Waals surface area contributed by atoms with Gasteiger partial charge in [0.1, 0.15) is 11.9 Å². The van der Waals surface area contributed by atoms with Gasteiger partial charge < -0.3 is 5.32 Å². The number of nitrogens with one attached hydrogen (secondary N) is 1. The van der Waals surface area contributed by atoms with Gasteiger partial charge >= 0.3 is 0 Å². The maximum absolute atomic E-state index is 13.3. The van der Waals surface area contributed by atoms with E-state index in [-0.39, 0.29) is 5.82 Å². The standard InChI is InChI=1S/C16H9BrFN3/c17-13-7-11(5-6-14(13)18)21-16-10(8-19)9-20-15-4-2-1-3-12(15)16/h1-7,9H,(H,20,21). The van der Waals surface area contributed by atoms with Crippen molar-refractivity contribution in [2.24, 2.45) is 0 Å². The number of pyridine rings is 1. The number of rotatable bonds is 2. The van der Waals surface area contributed by atoms with E-state index in [1.54, 1.807) is 12.1 Å². The molecule has 0 fully saturated rings. The van der Waals surface area contributed by atoms with E-state index in [0.717, 1.165) is 10.9 Å². The molecular weight excluding hydrogens is 333 g/mol. The van der Waals surface area contributed by atoms with E-state index in [4.69, 9.17) is 0 Å². The first-order chi connectivity index (χ1) is 10.2. The minimum absolute atomic E-state index is 0.333. The normalized spacial score (nSPS) is 10.3. The van der Waals surface area contributed by atoms with Crippen molar-refractivity contribution >= 4 is 38.2 Å². The molecular formula is C16H9BrFN3. The molecule has 1 heterocycles. The molecule has 3 nitrogen and oxygen atoms in total. The molecule has 3 aromatic rings. The summed E-state index contributed by atoms with van der Waals surface area (Å²) in [6, 6.07) is 14.3. The second-order valence-electron chi connectivity index (χ2n) is 4.43. The van der Waals surface area contributed by atoms with Gasteiger partial charge in [0.2, 0.25) is 0 Å². The first kappa shape index (κ1) is 13.5. The number of fused-ring (bicyclic) bond motifs is 1. The van der Waals surface area contributed by atoms with Crippen molar-refractivity contribution in [3.63, 3.8) is 0 Å². The highest BCUT2D eigenvalue weighted by Gasteiger charge is 2.09. The Balaban J connectivity index is 2.14. The van der Waals surface area contributed by atoms with E-state index in [1.807, 2.05) is 24.3 Å². The Hall–Kier alpha value is -2.45. The summed E-state index contributed by atoms with van der Waals surface area (Å²) in [4.78, 5) is 4.25. The molecule has 3 rings (SSSR count). The first-order valence-corrected chi connectivity index (χ1v) is 6.98. The van der Waals surface area contributed by atoms with Gasteiger partial charge in [-0.25, -0.2) is 4.39 Å². The third-order valence-corrected chi connectivity index (χ3v) is 3.69. The number of hydrogen-bond donors (Lipinski definition) is 1. The maximum atomic E-state index is 13.3. The number of nitrogens with zero attached hydrogens (tertiary/aromatic N) is 2. The van der Waals surface area contributed by atoms with Crippen LogP contribution in [0.5, 0.6) is 0 Å². The van der Waals surface area contributed by atoms with Crippen LogP contribution in [0.25, 0.3) is 10.9 Å². The van der Waals surface area contributed by atoms with E-state index >= 15 is 0 Å². The topological polar surface area (TPSA) is 48.7 Å². The zero-order valence-electron chi connectivity index (χ0n) is 10.8. The Morgan fingerprint density at radius 3 is 2.76 bits per heavy atom. The Bertz CT molecular complexity index is 871. The summed E-state index contributed by atoms with van der Waals surface area (Å²) in [6.45, 7) is 0. The molecule has 21 heavy (non-hydrogen) atoms. The third kappa shape index (κ3) is 2.58. The molecule has 0 spiro atoms. The van der Waals surface area contributed by atoms with Gasteiger partial charge in [0.25, 0.3) is 0 Å². The van der Waals surface area contributed by atoms with Crippen molar-refractivity contribution in [2.75, 3.05) is 5.32 Å². The van der Waals surface area contributed by atoms with E-state index in [2.05, 4.69) is 32.3 Å². The van der Waals surface area contributed by atoms with Gasteiger partial charge in [0, 0.05) is 17.3 Å². The van der Waals surface area contributed by atoms with Gasteiger partial charge in [-0.05, 0) is 40.2 Å². The van der Waals surface area contributed by atoms with Crippen LogP contribution >= 0.6 is 15.9 Å². The first-order valence-electron chi connectivity index (χ1n) is 6.19. The molecule has 2 aromatic carbocycles. The monoisotopic (exact) mass is 341 g/mol. The van der Waals surface area contributed by atoms with Crippen LogP contribution in [-0.2, 0) is 0 Å². The summed E-state index contributed by atoms with van der Waals surface area (Å²) in [6.07, 6.45) is 1.53. The lowest BCUT2D eigenvalue weighted by molar-refractivity contribution is 0.621. The smallest absolute Gasteiger partial charge is 0.137 e. The highest BCUT2D eigenvalue weighted by Crippen LogP contribution is 2.30. The Kier molecular flexibility index (Phi) is 3.55. The number of halogens is 2. The third-order valence-electron chi connectivity index (χ3n) is 3.08. The second-order valence-corrected chi connectivity index (χ2v) is 5.28. The predicted octanol–water partition coefficient (Wildman–Crippen LogP) is 4.75. The fourth-order valence-electron chi connectivity index (χ4n) is 2.08. The van der Waals surface area contributed by atoms with Crippen molar-refractivity contribution < 1.29 is 4.39 Å². The van der Waals surface area contributed by atoms with Crippen LogP contribution in [0.2, 0.25) is 0 Å². The maximum Gasteiger partial charge on any atom is 0.137 e. The minimum atomic E-state index is -0.333. The molecule has 1 N–H and O–H groups in total. The number of aromatic nitrogens is 1. The van der Waals surface area contributed by atoms with E-state index in [9.17, 15) is 9.65 Å². The summed E-state index contributed by atoms with van der Waals surface area (Å²) in [5.41, 5.74) is 2.59. The molecule has 0 bridgehead atoms. The van der Waals surface area contributed by atoms with Crippen LogP contribution in [-0.4, -0.2) is 4.98 Å². The molecule has 0 unspecified atom stereocenters. The molecule has 0 saturated heterocycles. The van der Waals surface area contributed by atoms with Gasteiger partial charge in [-0.3, -0.25) is 4.98 Å². The van der Waals surface area contributed by atoms with Crippen LogP contribution in [0.1, 0.15) is 5.56 Å². The van der Waals surface area contributed by atoms with Gasteiger partial charge in [-0.1, -0.05) is 18.2 Å². The number of anilines is 2. The second kappa shape index (κ2) is 5.51. The average Bonchev–Trinajstić information content (AvgIpc) is 2.51. The van der Waals surface area contributed by atoms with Crippen LogP contribution < -0.4 is 5.32 Å². The number of nitriles is 1. The quantitative estimate of drug-likeness (QED) is 0.731. The molecule has 0 radical (unpaired) electrons. The molecule has 0 aliphatic carbocycles. The number of benzene rings is 2. The fourth-order valence-corrected chi connectivity index (χ4v) is 2.46. The highest BCUT2D eigenvalue weighted by atomic mass is 79.9. The molecule has 5 heteroatoms. The summed E-state index contributed by atoms with van der Waals surface area (Å²) in [5, 5.41) is 13.3. The summed E-state index contributed by atoms with van der Waals surface area (Å²) >= 11 is 3.15. The molecule has 0 aliphatic rings. The lowest BCUT2D eigenvalue weighted by atomic mass is 10.1. The molecule has 102 valence electrons. The van der Waals surface area contributed by atoms with Crippen LogP contribution in [0.15, 0.2) is 53.1 Å². The van der Waals surface area contributed by atoms with Gasteiger partial charge in [-0.15, -0.1) is 0 Å². The lowest BCUT2D eigenvalue weighted by Gasteiger charge is -2.11. The highest BCUT2D eigenvalue weighted by molar-refractivity contribution is 9.10. The molecule has 0 saturated carbocycles. The average molecular weight is 342 g/mol. The van der Waals surface area contributed by atoms with Gasteiger partial charge in [0.15, 0.2) is 0 Å². The Morgan fingerprint density at radius 1 is 1.19 bits per heavy atom. The summed E-state index contributed by atoms with van der Waals surface area (Å²) < 4.78 is 13.7.